The van der Waals surface area contributed by atoms with Crippen LogP contribution in [-0.2, 0) is 12.7 Å². The number of rotatable bonds is 3. The number of nitrogens with zero attached hydrogens (tertiary/aromatic N) is 3. The van der Waals surface area contributed by atoms with Gasteiger partial charge in [0.25, 0.3) is 5.56 Å². The summed E-state index contributed by atoms with van der Waals surface area (Å²) >= 11 is 0. The first kappa shape index (κ1) is 15.8. The first-order valence-corrected chi connectivity index (χ1v) is 6.80. The molecule has 0 aliphatic heterocycles. The lowest BCUT2D eigenvalue weighted by Crippen LogP contribution is -2.19. The van der Waals surface area contributed by atoms with Crippen molar-refractivity contribution in [1.29, 1.82) is 0 Å². The van der Waals surface area contributed by atoms with Crippen molar-refractivity contribution < 1.29 is 17.7 Å². The molecule has 2 aromatic heterocycles. The van der Waals surface area contributed by atoms with Crippen LogP contribution >= 0.6 is 0 Å². The van der Waals surface area contributed by atoms with E-state index in [4.69, 9.17) is 5.73 Å². The van der Waals surface area contributed by atoms with E-state index >= 15 is 0 Å². The Hall–Kier alpha value is -3.10. The lowest BCUT2D eigenvalue weighted by atomic mass is 10.2. The second-order valence-electron chi connectivity index (χ2n) is 5.00. The molecule has 24 heavy (non-hydrogen) atoms. The fraction of sp³-hybridized carbons (Fsp3) is 0.133. The van der Waals surface area contributed by atoms with Gasteiger partial charge in [-0.1, -0.05) is 23.4 Å². The molecule has 1 aromatic carbocycles. The molecule has 0 saturated carbocycles. The van der Waals surface area contributed by atoms with E-state index in [9.17, 15) is 18.0 Å². The van der Waals surface area contributed by atoms with Gasteiger partial charge in [-0.25, -0.2) is 0 Å². The molecule has 0 spiro atoms. The van der Waals surface area contributed by atoms with Crippen molar-refractivity contribution >= 4 is 5.69 Å². The molecule has 0 saturated heterocycles. The van der Waals surface area contributed by atoms with E-state index in [1.165, 1.54) is 16.8 Å². The van der Waals surface area contributed by atoms with Crippen molar-refractivity contribution in [3.05, 3.63) is 64.4 Å². The molecule has 0 fully saturated rings. The van der Waals surface area contributed by atoms with Gasteiger partial charge in [0, 0.05) is 23.5 Å². The average Bonchev–Trinajstić information content (AvgIpc) is 3.01. The standard InChI is InChI=1S/C15H11F3N4O2/c16-15(17,18)14-20-13(21-24-14)9-5-6-22(12(23)7-9)8-10-3-1-2-4-11(10)19/h1-7H,8,19H2. The summed E-state index contributed by atoms with van der Waals surface area (Å²) in [4.78, 5) is 15.4. The van der Waals surface area contributed by atoms with Crippen LogP contribution in [0, 0.1) is 0 Å². The van der Waals surface area contributed by atoms with Crippen LogP contribution in [0.1, 0.15) is 11.5 Å². The molecule has 124 valence electrons. The molecule has 0 bridgehead atoms. The zero-order chi connectivity index (χ0) is 17.3. The lowest BCUT2D eigenvalue weighted by molar-refractivity contribution is -0.159. The number of aromatic nitrogens is 3. The van der Waals surface area contributed by atoms with Crippen LogP contribution < -0.4 is 11.3 Å². The average molecular weight is 336 g/mol. The third-order valence-corrected chi connectivity index (χ3v) is 3.32. The van der Waals surface area contributed by atoms with Crippen molar-refractivity contribution in [2.75, 3.05) is 5.73 Å². The van der Waals surface area contributed by atoms with Gasteiger partial charge in [0.15, 0.2) is 0 Å². The minimum Gasteiger partial charge on any atom is -0.398 e. The van der Waals surface area contributed by atoms with Gasteiger partial charge in [-0.3, -0.25) is 4.79 Å². The van der Waals surface area contributed by atoms with Crippen molar-refractivity contribution in [3.8, 4) is 11.4 Å². The van der Waals surface area contributed by atoms with E-state index in [0.29, 0.717) is 5.69 Å². The van der Waals surface area contributed by atoms with E-state index in [0.717, 1.165) is 11.6 Å². The largest absolute Gasteiger partial charge is 0.471 e. The van der Waals surface area contributed by atoms with Crippen molar-refractivity contribution in [2.24, 2.45) is 0 Å². The van der Waals surface area contributed by atoms with Gasteiger partial charge in [-0.2, -0.15) is 18.2 Å². The topological polar surface area (TPSA) is 86.9 Å². The third-order valence-electron chi connectivity index (χ3n) is 3.32. The van der Waals surface area contributed by atoms with Gasteiger partial charge in [0.2, 0.25) is 5.82 Å². The van der Waals surface area contributed by atoms with Crippen LogP contribution in [0.4, 0.5) is 18.9 Å². The minimum absolute atomic E-state index is 0.136. The minimum atomic E-state index is -4.73. The summed E-state index contributed by atoms with van der Waals surface area (Å²) in [7, 11) is 0. The summed E-state index contributed by atoms with van der Waals surface area (Å²) in [6, 6.07) is 9.65. The molecule has 2 N–H and O–H groups in total. The number of benzene rings is 1. The highest BCUT2D eigenvalue weighted by Gasteiger charge is 2.38. The molecule has 0 radical (unpaired) electrons. The van der Waals surface area contributed by atoms with Gasteiger partial charge in [0.1, 0.15) is 0 Å². The van der Waals surface area contributed by atoms with E-state index in [1.807, 2.05) is 0 Å². The summed E-state index contributed by atoms with van der Waals surface area (Å²) in [6.45, 7) is 0.242. The molecule has 0 unspecified atom stereocenters. The highest BCUT2D eigenvalue weighted by molar-refractivity contribution is 5.53. The Bertz CT molecular complexity index is 931. The Kier molecular flexibility index (Phi) is 3.84. The number of pyridine rings is 1. The van der Waals surface area contributed by atoms with Crippen LogP contribution in [0.5, 0.6) is 0 Å². The van der Waals surface area contributed by atoms with Crippen LogP contribution in [0.2, 0.25) is 0 Å². The summed E-state index contributed by atoms with van der Waals surface area (Å²) in [6.07, 6.45) is -3.29. The predicted octanol–water partition coefficient (Wildman–Crippen LogP) is 2.55. The van der Waals surface area contributed by atoms with E-state index in [-0.39, 0.29) is 17.9 Å². The molecule has 0 amide bonds. The summed E-state index contributed by atoms with van der Waals surface area (Å²) < 4.78 is 42.9. The highest BCUT2D eigenvalue weighted by atomic mass is 19.4. The maximum absolute atomic E-state index is 12.5. The molecule has 3 aromatic rings. The van der Waals surface area contributed by atoms with Gasteiger partial charge in [-0.05, 0) is 17.7 Å². The van der Waals surface area contributed by atoms with Gasteiger partial charge in [-0.15, -0.1) is 0 Å². The second-order valence-corrected chi connectivity index (χ2v) is 5.00. The van der Waals surface area contributed by atoms with Crippen LogP contribution in [0.15, 0.2) is 51.9 Å². The number of hydrogen-bond acceptors (Lipinski definition) is 5. The quantitative estimate of drug-likeness (QED) is 0.743. The first-order valence-electron chi connectivity index (χ1n) is 6.80. The smallest absolute Gasteiger partial charge is 0.398 e. The highest BCUT2D eigenvalue weighted by Crippen LogP contribution is 2.29. The Morgan fingerprint density at radius 2 is 1.96 bits per heavy atom. The lowest BCUT2D eigenvalue weighted by Gasteiger charge is -2.08. The number of alkyl halides is 3. The van der Waals surface area contributed by atoms with Gasteiger partial charge in [0.05, 0.1) is 6.54 Å². The number of anilines is 1. The monoisotopic (exact) mass is 336 g/mol. The number of halogens is 3. The third kappa shape index (κ3) is 3.14. The van der Waals surface area contributed by atoms with Gasteiger partial charge < -0.3 is 14.8 Å². The Labute approximate surface area is 133 Å². The molecule has 3 rings (SSSR count). The van der Waals surface area contributed by atoms with E-state index < -0.39 is 17.6 Å². The summed E-state index contributed by atoms with van der Waals surface area (Å²) in [5, 5.41) is 3.25. The number of para-hydroxylation sites is 1. The molecule has 6 nitrogen and oxygen atoms in total. The predicted molar refractivity (Wildman–Crippen MR) is 79.0 cm³/mol. The number of nitrogen functional groups attached to an aromatic ring is 1. The molecular weight excluding hydrogens is 325 g/mol. The van der Waals surface area contributed by atoms with E-state index in [1.54, 1.807) is 24.3 Å². The zero-order valence-electron chi connectivity index (χ0n) is 12.1. The number of hydrogen-bond donors (Lipinski definition) is 1. The maximum Gasteiger partial charge on any atom is 0.471 e. The summed E-state index contributed by atoms with van der Waals surface area (Å²) in [5.41, 5.74) is 6.84. The first-order chi connectivity index (χ1) is 11.3. The Morgan fingerprint density at radius 3 is 2.58 bits per heavy atom. The van der Waals surface area contributed by atoms with Crippen LogP contribution in [0.3, 0.4) is 0 Å². The molecule has 0 atom stereocenters. The normalized spacial score (nSPS) is 11.6. The molecule has 9 heteroatoms. The number of nitrogens with two attached hydrogens (primary N) is 1. The van der Waals surface area contributed by atoms with Gasteiger partial charge >= 0.3 is 12.1 Å². The molecule has 0 aliphatic carbocycles. The zero-order valence-corrected chi connectivity index (χ0v) is 12.1. The molecular formula is C15H11F3N4O2. The fourth-order valence-corrected chi connectivity index (χ4v) is 2.10. The Balaban J connectivity index is 1.89. The van der Waals surface area contributed by atoms with E-state index in [2.05, 4.69) is 14.7 Å². The molecule has 2 heterocycles. The second kappa shape index (κ2) is 5.84. The van der Waals surface area contributed by atoms with Crippen molar-refractivity contribution in [3.63, 3.8) is 0 Å². The Morgan fingerprint density at radius 1 is 1.21 bits per heavy atom. The fourth-order valence-electron chi connectivity index (χ4n) is 2.10. The van der Waals surface area contributed by atoms with Crippen LogP contribution in [0.25, 0.3) is 11.4 Å². The summed E-state index contributed by atoms with van der Waals surface area (Å²) in [5.74, 6) is -1.76. The SMILES string of the molecule is Nc1ccccc1Cn1ccc(-c2noc(C(F)(F)F)n2)cc1=O. The molecule has 0 aliphatic rings. The van der Waals surface area contributed by atoms with Crippen molar-refractivity contribution in [2.45, 2.75) is 12.7 Å². The van der Waals surface area contributed by atoms with Crippen LogP contribution in [-0.4, -0.2) is 14.7 Å². The van der Waals surface area contributed by atoms with Crippen molar-refractivity contribution in [1.82, 2.24) is 14.7 Å². The maximum atomic E-state index is 12.5.